The van der Waals surface area contributed by atoms with E-state index in [1.54, 1.807) is 6.20 Å². The normalized spacial score (nSPS) is 10.2. The van der Waals surface area contributed by atoms with Gasteiger partial charge in [0.25, 0.3) is 0 Å². The van der Waals surface area contributed by atoms with Crippen LogP contribution in [0, 0.1) is 10.1 Å². The number of nitro benzene ring substituents is 1. The minimum absolute atomic E-state index is 0.0461. The fraction of sp³-hybridized carbons (Fsp3) is 0.100. The zero-order valence-corrected chi connectivity index (χ0v) is 11.1. The Labute approximate surface area is 117 Å². The molecule has 2 rings (SSSR count). The first-order valence-corrected chi connectivity index (χ1v) is 6.28. The Morgan fingerprint density at radius 3 is 3.00 bits per heavy atom. The highest BCUT2D eigenvalue weighted by Crippen LogP contribution is 2.35. The number of para-hydroxylation sites is 1. The van der Waals surface area contributed by atoms with Crippen LogP contribution in [-0.4, -0.2) is 9.91 Å². The molecular formula is C10H9ClN4O3S. The van der Waals surface area contributed by atoms with Gasteiger partial charge in [0.05, 0.1) is 14.8 Å². The molecule has 7 nitrogen and oxygen atoms in total. The van der Waals surface area contributed by atoms with E-state index in [9.17, 15) is 10.1 Å². The van der Waals surface area contributed by atoms with Crippen LogP contribution in [0.2, 0.25) is 5.02 Å². The quantitative estimate of drug-likeness (QED) is 0.499. The van der Waals surface area contributed by atoms with E-state index in [0.717, 1.165) is 4.88 Å². The van der Waals surface area contributed by atoms with Gasteiger partial charge in [-0.25, -0.2) is 10.8 Å². The van der Waals surface area contributed by atoms with Gasteiger partial charge < -0.3 is 4.74 Å². The molecule has 0 radical (unpaired) electrons. The number of benzene rings is 1. The molecule has 3 N–H and O–H groups in total. The number of rotatable bonds is 5. The third-order valence-corrected chi connectivity index (χ3v) is 3.38. The largest absolute Gasteiger partial charge is 0.480 e. The lowest BCUT2D eigenvalue weighted by atomic mass is 10.3. The molecule has 0 bridgehead atoms. The molecule has 19 heavy (non-hydrogen) atoms. The first-order chi connectivity index (χ1) is 9.11. The molecule has 100 valence electrons. The van der Waals surface area contributed by atoms with Crippen molar-refractivity contribution >= 4 is 33.8 Å². The molecule has 0 saturated carbocycles. The number of aromatic nitrogens is 1. The van der Waals surface area contributed by atoms with Crippen LogP contribution in [0.5, 0.6) is 5.75 Å². The summed E-state index contributed by atoms with van der Waals surface area (Å²) in [5, 5.41) is 11.6. The Balaban J connectivity index is 2.17. The summed E-state index contributed by atoms with van der Waals surface area (Å²) in [6.45, 7) is 0.129. The predicted octanol–water partition coefficient (Wildman–Crippen LogP) is 2.57. The van der Waals surface area contributed by atoms with Crippen molar-refractivity contribution in [2.75, 3.05) is 5.43 Å². The SMILES string of the molecule is NNc1ncc(COc2c(Cl)cccc2[N+](=O)[O-])s1. The molecule has 0 spiro atoms. The van der Waals surface area contributed by atoms with E-state index >= 15 is 0 Å². The smallest absolute Gasteiger partial charge is 0.312 e. The molecule has 9 heteroatoms. The average Bonchev–Trinajstić information content (AvgIpc) is 2.85. The van der Waals surface area contributed by atoms with Gasteiger partial charge in [0, 0.05) is 12.3 Å². The average molecular weight is 301 g/mol. The number of halogens is 1. The van der Waals surface area contributed by atoms with Crippen molar-refractivity contribution in [1.82, 2.24) is 4.98 Å². The second-order valence-electron chi connectivity index (χ2n) is 3.41. The third kappa shape index (κ3) is 3.11. The highest BCUT2D eigenvalue weighted by atomic mass is 35.5. The van der Waals surface area contributed by atoms with Crippen molar-refractivity contribution in [3.8, 4) is 5.75 Å². The Bertz CT molecular complexity index is 604. The molecule has 0 aliphatic carbocycles. The summed E-state index contributed by atoms with van der Waals surface area (Å²) in [5.74, 6) is 5.25. The third-order valence-electron chi connectivity index (χ3n) is 2.18. The van der Waals surface area contributed by atoms with Crippen LogP contribution in [0.4, 0.5) is 10.8 Å². The number of hydrazine groups is 1. The lowest BCUT2D eigenvalue weighted by Crippen LogP contribution is -2.05. The molecule has 1 aromatic carbocycles. The van der Waals surface area contributed by atoms with E-state index in [1.165, 1.54) is 29.5 Å². The lowest BCUT2D eigenvalue weighted by Gasteiger charge is -2.06. The number of nitrogen functional groups attached to an aromatic ring is 1. The Morgan fingerprint density at radius 1 is 1.58 bits per heavy atom. The highest BCUT2D eigenvalue weighted by Gasteiger charge is 2.18. The molecule has 1 aromatic heterocycles. The van der Waals surface area contributed by atoms with Crippen molar-refractivity contribution in [3.05, 3.63) is 44.4 Å². The van der Waals surface area contributed by atoms with Crippen LogP contribution in [0.1, 0.15) is 4.88 Å². The number of hydrogen-bond acceptors (Lipinski definition) is 7. The number of nitro groups is 1. The Hall–Kier alpha value is -1.90. The maximum absolute atomic E-state index is 10.9. The molecular weight excluding hydrogens is 292 g/mol. The Kier molecular flexibility index (Phi) is 4.15. The fourth-order valence-electron chi connectivity index (χ4n) is 1.37. The molecule has 0 unspecified atom stereocenters. The van der Waals surface area contributed by atoms with E-state index in [1.807, 2.05) is 0 Å². The summed E-state index contributed by atoms with van der Waals surface area (Å²) in [4.78, 5) is 15.1. The summed E-state index contributed by atoms with van der Waals surface area (Å²) < 4.78 is 5.40. The van der Waals surface area contributed by atoms with Gasteiger partial charge in [-0.15, -0.1) is 0 Å². The van der Waals surface area contributed by atoms with Gasteiger partial charge in [-0.1, -0.05) is 29.0 Å². The second kappa shape index (κ2) is 5.83. The fourth-order valence-corrected chi connectivity index (χ4v) is 2.23. The summed E-state index contributed by atoms with van der Waals surface area (Å²) in [5.41, 5.74) is 2.23. The minimum atomic E-state index is -0.541. The first kappa shape index (κ1) is 13.5. The van der Waals surface area contributed by atoms with Gasteiger partial charge in [-0.2, -0.15) is 0 Å². The predicted molar refractivity (Wildman–Crippen MR) is 72.4 cm³/mol. The highest BCUT2D eigenvalue weighted by molar-refractivity contribution is 7.15. The van der Waals surface area contributed by atoms with E-state index in [0.29, 0.717) is 5.13 Å². The summed E-state index contributed by atoms with van der Waals surface area (Å²) in [6.07, 6.45) is 1.57. The van der Waals surface area contributed by atoms with Gasteiger partial charge in [-0.05, 0) is 6.07 Å². The van der Waals surface area contributed by atoms with Crippen LogP contribution < -0.4 is 16.0 Å². The van der Waals surface area contributed by atoms with E-state index < -0.39 is 4.92 Å². The zero-order chi connectivity index (χ0) is 13.8. The van der Waals surface area contributed by atoms with Gasteiger partial charge in [0.2, 0.25) is 5.75 Å². The van der Waals surface area contributed by atoms with E-state index in [-0.39, 0.29) is 23.1 Å². The molecule has 0 amide bonds. The van der Waals surface area contributed by atoms with Crippen LogP contribution >= 0.6 is 22.9 Å². The molecule has 0 aliphatic rings. The number of thiazole rings is 1. The standard InChI is InChI=1S/C10H9ClN4O3S/c11-7-2-1-3-8(15(16)17)9(7)18-5-6-4-13-10(14-12)19-6/h1-4H,5,12H2,(H,13,14). The second-order valence-corrected chi connectivity index (χ2v) is 4.93. The van der Waals surface area contributed by atoms with Gasteiger partial charge in [0.1, 0.15) is 6.61 Å². The van der Waals surface area contributed by atoms with Crippen molar-refractivity contribution in [2.24, 2.45) is 5.84 Å². The maximum Gasteiger partial charge on any atom is 0.312 e. The Morgan fingerprint density at radius 2 is 2.37 bits per heavy atom. The van der Waals surface area contributed by atoms with Crippen molar-refractivity contribution in [3.63, 3.8) is 0 Å². The molecule has 0 atom stereocenters. The number of ether oxygens (including phenoxy) is 1. The molecule has 0 aliphatic heterocycles. The summed E-state index contributed by atoms with van der Waals surface area (Å²) >= 11 is 7.19. The van der Waals surface area contributed by atoms with Crippen molar-refractivity contribution in [1.29, 1.82) is 0 Å². The zero-order valence-electron chi connectivity index (χ0n) is 9.50. The first-order valence-electron chi connectivity index (χ1n) is 5.09. The molecule has 1 heterocycles. The number of nitrogens with one attached hydrogen (secondary N) is 1. The van der Waals surface area contributed by atoms with Gasteiger partial charge in [-0.3, -0.25) is 15.5 Å². The summed E-state index contributed by atoms with van der Waals surface area (Å²) in [7, 11) is 0. The van der Waals surface area contributed by atoms with E-state index in [4.69, 9.17) is 22.2 Å². The van der Waals surface area contributed by atoms with Gasteiger partial charge in [0.15, 0.2) is 5.13 Å². The monoisotopic (exact) mass is 300 g/mol. The minimum Gasteiger partial charge on any atom is -0.480 e. The van der Waals surface area contributed by atoms with Crippen LogP contribution in [0.15, 0.2) is 24.4 Å². The van der Waals surface area contributed by atoms with Crippen molar-refractivity contribution < 1.29 is 9.66 Å². The van der Waals surface area contributed by atoms with Crippen LogP contribution in [0.25, 0.3) is 0 Å². The van der Waals surface area contributed by atoms with Crippen molar-refractivity contribution in [2.45, 2.75) is 6.61 Å². The van der Waals surface area contributed by atoms with Crippen LogP contribution in [0.3, 0.4) is 0 Å². The molecule has 0 fully saturated rings. The van der Waals surface area contributed by atoms with Crippen LogP contribution in [-0.2, 0) is 6.61 Å². The van der Waals surface area contributed by atoms with E-state index in [2.05, 4.69) is 10.4 Å². The topological polar surface area (TPSA) is 103 Å². The molecule has 0 saturated heterocycles. The summed E-state index contributed by atoms with van der Waals surface area (Å²) in [6, 6.07) is 4.36. The molecule has 2 aromatic rings. The number of hydrogen-bond donors (Lipinski definition) is 2. The number of nitrogens with two attached hydrogens (primary N) is 1. The van der Waals surface area contributed by atoms with Gasteiger partial charge >= 0.3 is 5.69 Å². The number of nitrogens with zero attached hydrogens (tertiary/aromatic N) is 2. The maximum atomic E-state index is 10.9. The number of anilines is 1. The lowest BCUT2D eigenvalue weighted by molar-refractivity contribution is -0.385.